The summed E-state index contributed by atoms with van der Waals surface area (Å²) in [7, 11) is -6.88. The van der Waals surface area contributed by atoms with Gasteiger partial charge in [0.2, 0.25) is 0 Å². The molecule has 2 atom stereocenters. The third-order valence-electron chi connectivity index (χ3n) is 4.48. The highest BCUT2D eigenvalue weighted by Crippen LogP contribution is 2.55. The standard InChI is InChI=1S/C12H11F9O4S/c13-9(14,11(17,18)19)10(15,16)12(20,21)26(23,24)25-8-5-1-2-6(8)4-7(22)3-5/h5-6,8H,1-4H2. The van der Waals surface area contributed by atoms with Crippen molar-refractivity contribution in [1.29, 1.82) is 0 Å². The maximum absolute atomic E-state index is 13.6. The largest absolute Gasteiger partial charge is 0.460 e. The molecule has 0 amide bonds. The van der Waals surface area contributed by atoms with E-state index in [2.05, 4.69) is 4.18 Å². The lowest BCUT2D eigenvalue weighted by atomic mass is 9.85. The summed E-state index contributed by atoms with van der Waals surface area (Å²) in [6.07, 6.45) is -9.12. The molecule has 2 aliphatic carbocycles. The molecule has 0 aromatic heterocycles. The summed E-state index contributed by atoms with van der Waals surface area (Å²) >= 11 is 0. The van der Waals surface area contributed by atoms with Crippen LogP contribution in [0.3, 0.4) is 0 Å². The second-order valence-electron chi connectivity index (χ2n) is 6.22. The first-order valence-electron chi connectivity index (χ1n) is 7.10. The molecule has 2 saturated carbocycles. The lowest BCUT2D eigenvalue weighted by molar-refractivity contribution is -0.383. The van der Waals surface area contributed by atoms with Gasteiger partial charge in [0.25, 0.3) is 0 Å². The number of ketones is 1. The lowest BCUT2D eigenvalue weighted by Gasteiger charge is -2.35. The number of alkyl halides is 9. The molecule has 2 bridgehead atoms. The van der Waals surface area contributed by atoms with Crippen LogP contribution in [0.15, 0.2) is 0 Å². The van der Waals surface area contributed by atoms with E-state index >= 15 is 0 Å². The lowest BCUT2D eigenvalue weighted by Crippen LogP contribution is -2.63. The highest BCUT2D eigenvalue weighted by molar-refractivity contribution is 7.87. The van der Waals surface area contributed by atoms with Gasteiger partial charge in [-0.25, -0.2) is 0 Å². The second kappa shape index (κ2) is 5.97. The number of hydrogen-bond acceptors (Lipinski definition) is 4. The molecular weight excluding hydrogens is 411 g/mol. The van der Waals surface area contributed by atoms with Gasteiger partial charge in [-0.1, -0.05) is 0 Å². The predicted molar refractivity (Wildman–Crippen MR) is 65.1 cm³/mol. The molecule has 0 spiro atoms. The first kappa shape index (κ1) is 21.3. The fraction of sp³-hybridized carbons (Fsp3) is 0.917. The maximum Gasteiger partial charge on any atom is 0.460 e. The van der Waals surface area contributed by atoms with E-state index in [0.717, 1.165) is 0 Å². The number of rotatable bonds is 5. The van der Waals surface area contributed by atoms with Gasteiger partial charge in [-0.05, 0) is 24.7 Å². The van der Waals surface area contributed by atoms with E-state index in [0.29, 0.717) is 0 Å². The summed E-state index contributed by atoms with van der Waals surface area (Å²) in [6.45, 7) is 0. The average molecular weight is 422 g/mol. The predicted octanol–water partition coefficient (Wildman–Crippen LogP) is 3.52. The molecule has 0 aromatic rings. The summed E-state index contributed by atoms with van der Waals surface area (Å²) in [6, 6.07) is 0. The van der Waals surface area contributed by atoms with Crippen LogP contribution in [-0.4, -0.2) is 43.6 Å². The average Bonchev–Trinajstić information content (AvgIpc) is 2.68. The second-order valence-corrected chi connectivity index (χ2v) is 7.84. The van der Waals surface area contributed by atoms with Crippen molar-refractivity contribution in [2.24, 2.45) is 11.8 Å². The Morgan fingerprint density at radius 2 is 1.23 bits per heavy atom. The van der Waals surface area contributed by atoms with Crippen LogP contribution in [0.4, 0.5) is 39.5 Å². The number of Topliss-reactive ketones (excluding diaryl/α,β-unsaturated/α-hetero) is 1. The molecule has 14 heteroatoms. The van der Waals surface area contributed by atoms with E-state index in [4.69, 9.17) is 0 Å². The highest BCUT2D eigenvalue weighted by Gasteiger charge is 2.86. The Kier molecular flexibility index (Phi) is 4.88. The zero-order valence-corrected chi connectivity index (χ0v) is 13.3. The number of fused-ring (bicyclic) bond motifs is 2. The molecule has 2 aliphatic rings. The van der Waals surface area contributed by atoms with Crippen LogP contribution in [0.5, 0.6) is 0 Å². The van der Waals surface area contributed by atoms with Crippen molar-refractivity contribution in [2.75, 3.05) is 0 Å². The summed E-state index contributed by atoms with van der Waals surface area (Å²) in [5.74, 6) is -16.9. The van der Waals surface area contributed by atoms with Crippen molar-refractivity contribution in [2.45, 2.75) is 55.1 Å². The first-order valence-corrected chi connectivity index (χ1v) is 8.51. The number of hydrogen-bond donors (Lipinski definition) is 0. The Bertz CT molecular complexity index is 669. The molecule has 4 nitrogen and oxygen atoms in total. The van der Waals surface area contributed by atoms with Gasteiger partial charge >= 0.3 is 33.4 Å². The van der Waals surface area contributed by atoms with Gasteiger partial charge in [0, 0.05) is 12.8 Å². The highest BCUT2D eigenvalue weighted by atomic mass is 32.2. The van der Waals surface area contributed by atoms with E-state index in [1.165, 1.54) is 0 Å². The summed E-state index contributed by atoms with van der Waals surface area (Å²) in [4.78, 5) is 11.3. The Morgan fingerprint density at radius 1 is 0.808 bits per heavy atom. The van der Waals surface area contributed by atoms with Gasteiger partial charge < -0.3 is 0 Å². The van der Waals surface area contributed by atoms with Gasteiger partial charge in [0.15, 0.2) is 0 Å². The molecule has 0 saturated heterocycles. The minimum absolute atomic E-state index is 0.136. The fourth-order valence-corrected chi connectivity index (χ4v) is 4.30. The maximum atomic E-state index is 13.6. The molecule has 0 N–H and O–H groups in total. The number of carbonyl (C=O) groups excluding carboxylic acids is 1. The van der Waals surface area contributed by atoms with Gasteiger partial charge in [-0.15, -0.1) is 0 Å². The van der Waals surface area contributed by atoms with Gasteiger partial charge in [0.05, 0.1) is 6.10 Å². The van der Waals surface area contributed by atoms with Crippen molar-refractivity contribution >= 4 is 15.9 Å². The van der Waals surface area contributed by atoms with Gasteiger partial charge in [-0.3, -0.25) is 8.98 Å². The Balaban J connectivity index is 2.34. The van der Waals surface area contributed by atoms with Crippen LogP contribution in [0, 0.1) is 11.8 Å². The molecule has 2 fully saturated rings. The Morgan fingerprint density at radius 3 is 1.62 bits per heavy atom. The molecule has 2 unspecified atom stereocenters. The van der Waals surface area contributed by atoms with E-state index in [1.807, 2.05) is 0 Å². The molecule has 0 heterocycles. The third kappa shape index (κ3) is 2.98. The topological polar surface area (TPSA) is 60.4 Å². The van der Waals surface area contributed by atoms with Crippen LogP contribution >= 0.6 is 0 Å². The Hall–Kier alpha value is -1.05. The van der Waals surface area contributed by atoms with Gasteiger partial charge in [-0.2, -0.15) is 47.9 Å². The van der Waals surface area contributed by atoms with Crippen molar-refractivity contribution in [1.82, 2.24) is 0 Å². The molecular formula is C12H11F9O4S. The van der Waals surface area contributed by atoms with E-state index in [9.17, 15) is 52.7 Å². The van der Waals surface area contributed by atoms with Crippen LogP contribution in [0.1, 0.15) is 25.7 Å². The molecule has 26 heavy (non-hydrogen) atoms. The van der Waals surface area contributed by atoms with Crippen LogP contribution < -0.4 is 0 Å². The summed E-state index contributed by atoms with van der Waals surface area (Å²) in [5.41, 5.74) is 0. The van der Waals surface area contributed by atoms with Crippen molar-refractivity contribution < 1.29 is 56.9 Å². The normalized spacial score (nSPS) is 28.5. The molecule has 0 aliphatic heterocycles. The summed E-state index contributed by atoms with van der Waals surface area (Å²) in [5, 5.41) is -6.86. The smallest absolute Gasteiger partial charge is 0.300 e. The monoisotopic (exact) mass is 422 g/mol. The number of carbonyl (C=O) groups is 1. The Labute approximate surface area is 140 Å². The van der Waals surface area contributed by atoms with Crippen molar-refractivity contribution in [3.8, 4) is 0 Å². The molecule has 2 rings (SSSR count). The zero-order chi connectivity index (χ0) is 20.3. The fourth-order valence-electron chi connectivity index (χ4n) is 3.13. The van der Waals surface area contributed by atoms with E-state index in [-0.39, 0.29) is 31.5 Å². The first-order chi connectivity index (χ1) is 11.5. The summed E-state index contributed by atoms with van der Waals surface area (Å²) < 4.78 is 142. The quantitative estimate of drug-likeness (QED) is 0.503. The van der Waals surface area contributed by atoms with Gasteiger partial charge in [0.1, 0.15) is 5.78 Å². The van der Waals surface area contributed by atoms with Crippen LogP contribution in [0.25, 0.3) is 0 Å². The number of halogens is 9. The van der Waals surface area contributed by atoms with E-state index in [1.54, 1.807) is 0 Å². The van der Waals surface area contributed by atoms with Crippen molar-refractivity contribution in [3.05, 3.63) is 0 Å². The third-order valence-corrected chi connectivity index (χ3v) is 5.84. The van der Waals surface area contributed by atoms with Crippen LogP contribution in [-0.2, 0) is 19.1 Å². The van der Waals surface area contributed by atoms with Crippen molar-refractivity contribution in [3.63, 3.8) is 0 Å². The zero-order valence-electron chi connectivity index (χ0n) is 12.5. The molecule has 0 aromatic carbocycles. The van der Waals surface area contributed by atoms with Crippen LogP contribution in [0.2, 0.25) is 0 Å². The molecule has 152 valence electrons. The minimum Gasteiger partial charge on any atom is -0.300 e. The molecule has 0 radical (unpaired) electrons. The van der Waals surface area contributed by atoms with E-state index < -0.39 is 51.3 Å². The minimum atomic E-state index is -7.33. The SMILES string of the molecule is O=C1CC2CCC(C1)C2OS(=O)(=O)C(F)(F)C(F)(F)C(F)(F)C(F)(F)F.